The highest BCUT2D eigenvalue weighted by Gasteiger charge is 2.40. The van der Waals surface area contributed by atoms with Gasteiger partial charge in [0.1, 0.15) is 5.60 Å². The topological polar surface area (TPSA) is 44.0 Å². The zero-order valence-electron chi connectivity index (χ0n) is 10.8. The average molecular weight is 395 g/mol. The van der Waals surface area contributed by atoms with Gasteiger partial charge in [-0.25, -0.2) is 0 Å². The Bertz CT molecular complexity index is 618. The summed E-state index contributed by atoms with van der Waals surface area (Å²) in [4.78, 5) is 0. The van der Waals surface area contributed by atoms with Gasteiger partial charge in [-0.15, -0.1) is 0 Å². The van der Waals surface area contributed by atoms with E-state index in [-0.39, 0.29) is 0 Å². The van der Waals surface area contributed by atoms with Gasteiger partial charge in [-0.3, -0.25) is 0 Å². The normalized spacial score (nSPS) is 12.8. The minimum absolute atomic E-state index is 0.597. The number of hydrogen-bond donors (Lipinski definition) is 1. The molecule has 2 nitrogen and oxygen atoms in total. The first-order chi connectivity index (χ1) is 9.51. The SMILES string of the molecule is CC(C#N)C(O)(c1ccccc1Br)c1ccccc1Br. The molecule has 0 spiro atoms. The average Bonchev–Trinajstić information content (AvgIpc) is 2.46. The summed E-state index contributed by atoms with van der Waals surface area (Å²) in [6.45, 7) is 1.72. The molecule has 2 rings (SSSR count). The molecule has 4 heteroatoms. The molecule has 0 aliphatic heterocycles. The summed E-state index contributed by atoms with van der Waals surface area (Å²) in [6, 6.07) is 17.0. The molecule has 0 aliphatic rings. The maximum atomic E-state index is 11.3. The largest absolute Gasteiger partial charge is 0.379 e. The molecule has 0 aromatic heterocycles. The minimum atomic E-state index is -1.38. The van der Waals surface area contributed by atoms with Gasteiger partial charge in [0.05, 0.1) is 12.0 Å². The van der Waals surface area contributed by atoms with Crippen LogP contribution in [0.5, 0.6) is 0 Å². The highest BCUT2D eigenvalue weighted by Crippen LogP contribution is 2.42. The van der Waals surface area contributed by atoms with Crippen molar-refractivity contribution < 1.29 is 5.11 Å². The van der Waals surface area contributed by atoms with Crippen molar-refractivity contribution in [1.82, 2.24) is 0 Å². The zero-order chi connectivity index (χ0) is 14.8. The molecule has 1 unspecified atom stereocenters. The van der Waals surface area contributed by atoms with Gasteiger partial charge in [0.15, 0.2) is 0 Å². The lowest BCUT2D eigenvalue weighted by Crippen LogP contribution is -2.35. The second-order valence-electron chi connectivity index (χ2n) is 4.58. The Balaban J connectivity index is 2.74. The summed E-state index contributed by atoms with van der Waals surface area (Å²) >= 11 is 6.93. The lowest BCUT2D eigenvalue weighted by molar-refractivity contribution is 0.0449. The van der Waals surface area contributed by atoms with Crippen LogP contribution in [0, 0.1) is 17.2 Å². The van der Waals surface area contributed by atoms with Crippen LogP contribution in [-0.4, -0.2) is 5.11 Å². The molecule has 2 aromatic rings. The third-order valence-electron chi connectivity index (χ3n) is 3.39. The third-order valence-corrected chi connectivity index (χ3v) is 4.77. The van der Waals surface area contributed by atoms with Crippen LogP contribution in [0.2, 0.25) is 0 Å². The number of benzene rings is 2. The molecule has 0 heterocycles. The van der Waals surface area contributed by atoms with E-state index in [9.17, 15) is 10.4 Å². The van der Waals surface area contributed by atoms with Crippen molar-refractivity contribution in [1.29, 1.82) is 5.26 Å². The summed E-state index contributed by atoms with van der Waals surface area (Å²) < 4.78 is 1.56. The van der Waals surface area contributed by atoms with Crippen LogP contribution in [0.3, 0.4) is 0 Å². The van der Waals surface area contributed by atoms with E-state index in [0.29, 0.717) is 11.1 Å². The maximum Gasteiger partial charge on any atom is 0.132 e. The van der Waals surface area contributed by atoms with Gasteiger partial charge in [0.25, 0.3) is 0 Å². The predicted molar refractivity (Wildman–Crippen MR) is 86.1 cm³/mol. The Kier molecular flexibility index (Phi) is 4.64. The van der Waals surface area contributed by atoms with Crippen LogP contribution in [0.1, 0.15) is 18.1 Å². The van der Waals surface area contributed by atoms with Crippen LogP contribution in [0.15, 0.2) is 57.5 Å². The van der Waals surface area contributed by atoms with Crippen molar-refractivity contribution in [2.75, 3.05) is 0 Å². The fraction of sp³-hybridized carbons (Fsp3) is 0.188. The highest BCUT2D eigenvalue weighted by atomic mass is 79.9. The number of hydrogen-bond acceptors (Lipinski definition) is 2. The summed E-state index contributed by atoms with van der Waals surface area (Å²) in [5.74, 6) is -0.597. The first kappa shape index (κ1) is 15.2. The second kappa shape index (κ2) is 6.09. The van der Waals surface area contributed by atoms with E-state index in [1.807, 2.05) is 48.5 Å². The van der Waals surface area contributed by atoms with Gasteiger partial charge in [0.2, 0.25) is 0 Å². The van der Waals surface area contributed by atoms with Crippen molar-refractivity contribution in [3.63, 3.8) is 0 Å². The maximum absolute atomic E-state index is 11.3. The van der Waals surface area contributed by atoms with Crippen molar-refractivity contribution in [2.24, 2.45) is 5.92 Å². The summed E-state index contributed by atoms with van der Waals surface area (Å²) in [6.07, 6.45) is 0. The number of rotatable bonds is 3. The van der Waals surface area contributed by atoms with Crippen molar-refractivity contribution in [3.8, 4) is 6.07 Å². The standard InChI is InChI=1S/C16H13Br2NO/c1-11(10-19)16(20,12-6-2-4-8-14(12)17)13-7-3-5-9-15(13)18/h2-9,11,20H,1H3. The van der Waals surface area contributed by atoms with E-state index in [1.54, 1.807) is 6.92 Å². The van der Waals surface area contributed by atoms with Gasteiger partial charge >= 0.3 is 0 Å². The first-order valence-corrected chi connectivity index (χ1v) is 7.72. The quantitative estimate of drug-likeness (QED) is 0.826. The van der Waals surface area contributed by atoms with Crippen LogP contribution in [0.25, 0.3) is 0 Å². The van der Waals surface area contributed by atoms with Gasteiger partial charge in [0, 0.05) is 20.1 Å². The first-order valence-electron chi connectivity index (χ1n) is 6.13. The fourth-order valence-electron chi connectivity index (χ4n) is 2.25. The minimum Gasteiger partial charge on any atom is -0.379 e. The Morgan fingerprint density at radius 3 is 1.75 bits per heavy atom. The van der Waals surface area contributed by atoms with Crippen LogP contribution < -0.4 is 0 Å². The molecule has 0 radical (unpaired) electrons. The summed E-state index contributed by atoms with van der Waals surface area (Å²) in [5.41, 5.74) is -0.0172. The van der Waals surface area contributed by atoms with E-state index in [0.717, 1.165) is 8.95 Å². The van der Waals surface area contributed by atoms with Gasteiger partial charge < -0.3 is 5.11 Å². The fourth-order valence-corrected chi connectivity index (χ4v) is 3.42. The van der Waals surface area contributed by atoms with Crippen LogP contribution in [0.4, 0.5) is 0 Å². The molecule has 0 aliphatic carbocycles. The van der Waals surface area contributed by atoms with E-state index < -0.39 is 11.5 Å². The van der Waals surface area contributed by atoms with Crippen molar-refractivity contribution >= 4 is 31.9 Å². The molecule has 1 atom stereocenters. The summed E-state index contributed by atoms with van der Waals surface area (Å²) in [5, 5.41) is 20.6. The molecular weight excluding hydrogens is 382 g/mol. The Labute approximate surface area is 135 Å². The van der Waals surface area contributed by atoms with Crippen LogP contribution >= 0.6 is 31.9 Å². The zero-order valence-corrected chi connectivity index (χ0v) is 14.0. The molecular formula is C16H13Br2NO. The van der Waals surface area contributed by atoms with E-state index >= 15 is 0 Å². The number of nitriles is 1. The van der Waals surface area contributed by atoms with Gasteiger partial charge in [-0.1, -0.05) is 68.3 Å². The van der Waals surface area contributed by atoms with E-state index in [1.165, 1.54) is 0 Å². The molecule has 102 valence electrons. The van der Waals surface area contributed by atoms with Crippen LogP contribution in [-0.2, 0) is 5.60 Å². The molecule has 0 saturated heterocycles. The number of nitrogens with zero attached hydrogens (tertiary/aromatic N) is 1. The lowest BCUT2D eigenvalue weighted by atomic mass is 9.77. The molecule has 0 amide bonds. The number of halogens is 2. The summed E-state index contributed by atoms with van der Waals surface area (Å²) in [7, 11) is 0. The molecule has 20 heavy (non-hydrogen) atoms. The lowest BCUT2D eigenvalue weighted by Gasteiger charge is -2.33. The molecule has 0 bridgehead atoms. The van der Waals surface area contributed by atoms with Crippen molar-refractivity contribution in [2.45, 2.75) is 12.5 Å². The molecule has 1 N–H and O–H groups in total. The number of aliphatic hydroxyl groups is 1. The molecule has 0 saturated carbocycles. The van der Waals surface area contributed by atoms with E-state index in [2.05, 4.69) is 37.9 Å². The monoisotopic (exact) mass is 393 g/mol. The predicted octanol–water partition coefficient (Wildman–Crippen LogP) is 4.61. The van der Waals surface area contributed by atoms with Crippen molar-refractivity contribution in [3.05, 3.63) is 68.6 Å². The molecule has 0 fully saturated rings. The third kappa shape index (κ3) is 2.54. The molecule has 2 aromatic carbocycles. The van der Waals surface area contributed by atoms with Gasteiger partial charge in [-0.2, -0.15) is 5.26 Å². The van der Waals surface area contributed by atoms with E-state index in [4.69, 9.17) is 0 Å². The second-order valence-corrected chi connectivity index (χ2v) is 6.29. The Morgan fingerprint density at radius 1 is 1.00 bits per heavy atom. The Morgan fingerprint density at radius 2 is 1.40 bits per heavy atom. The van der Waals surface area contributed by atoms with Gasteiger partial charge in [-0.05, 0) is 19.1 Å². The highest BCUT2D eigenvalue weighted by molar-refractivity contribution is 9.10. The Hall–Kier alpha value is -1.15. The smallest absolute Gasteiger partial charge is 0.132 e.